The van der Waals surface area contributed by atoms with E-state index in [4.69, 9.17) is 15.3 Å². The maximum atomic E-state index is 5.81. The van der Waals surface area contributed by atoms with Crippen LogP contribution in [0.25, 0.3) is 0 Å². The number of hydrogen-bond acceptors (Lipinski definition) is 5. The minimum Gasteiger partial charge on any atom is -0.496 e. The van der Waals surface area contributed by atoms with Crippen LogP contribution in [-0.4, -0.2) is 24.0 Å². The minimum atomic E-state index is -0.259. The molecule has 0 bridgehead atoms. The minimum absolute atomic E-state index is 0.259. The van der Waals surface area contributed by atoms with Crippen molar-refractivity contribution in [1.82, 2.24) is 15.2 Å². The highest BCUT2D eigenvalue weighted by Gasteiger charge is 2.24. The molecule has 0 aliphatic carbocycles. The van der Waals surface area contributed by atoms with Crippen molar-refractivity contribution in [2.45, 2.75) is 25.9 Å². The summed E-state index contributed by atoms with van der Waals surface area (Å²) in [5.41, 5.74) is 4.69. The molecule has 0 saturated heterocycles. The molecule has 0 saturated carbocycles. The Labute approximate surface area is 124 Å². The predicted octanol–water partition coefficient (Wildman–Crippen LogP) is 1.86. The van der Waals surface area contributed by atoms with Crippen LogP contribution in [0.5, 0.6) is 11.5 Å². The van der Waals surface area contributed by atoms with Crippen molar-refractivity contribution in [2.75, 3.05) is 14.2 Å². The smallest absolute Gasteiger partial charge is 0.127 e. The molecule has 1 atom stereocenters. The molecule has 0 fully saturated rings. The van der Waals surface area contributed by atoms with Gasteiger partial charge >= 0.3 is 0 Å². The van der Waals surface area contributed by atoms with Crippen molar-refractivity contribution >= 4 is 0 Å². The fourth-order valence-corrected chi connectivity index (χ4v) is 2.47. The van der Waals surface area contributed by atoms with Gasteiger partial charge in [-0.05, 0) is 24.6 Å². The summed E-state index contributed by atoms with van der Waals surface area (Å²) < 4.78 is 12.9. The first-order chi connectivity index (χ1) is 10.3. The number of rotatable bonds is 7. The Hall–Kier alpha value is -2.05. The summed E-state index contributed by atoms with van der Waals surface area (Å²) in [6, 6.07) is 7.36. The largest absolute Gasteiger partial charge is 0.496 e. The summed E-state index contributed by atoms with van der Waals surface area (Å²) in [7, 11) is 3.27. The number of aromatic nitrogens is 2. The molecule has 114 valence electrons. The van der Waals surface area contributed by atoms with E-state index in [0.29, 0.717) is 0 Å². The lowest BCUT2D eigenvalue weighted by atomic mass is 10.0. The highest BCUT2D eigenvalue weighted by molar-refractivity contribution is 5.49. The zero-order valence-electron chi connectivity index (χ0n) is 12.7. The Balaban J connectivity index is 2.53. The highest BCUT2D eigenvalue weighted by Crippen LogP contribution is 2.36. The number of ether oxygens (including phenoxy) is 2. The van der Waals surface area contributed by atoms with E-state index in [1.54, 1.807) is 20.4 Å². The van der Waals surface area contributed by atoms with E-state index in [0.717, 1.165) is 35.7 Å². The van der Waals surface area contributed by atoms with Crippen LogP contribution in [0.15, 0.2) is 30.5 Å². The monoisotopic (exact) mass is 290 g/mol. The molecule has 0 spiro atoms. The van der Waals surface area contributed by atoms with Gasteiger partial charge in [-0.1, -0.05) is 13.0 Å². The van der Waals surface area contributed by atoms with Crippen LogP contribution < -0.4 is 20.7 Å². The Kier molecular flexibility index (Phi) is 5.19. The second-order valence-electron chi connectivity index (χ2n) is 4.66. The maximum absolute atomic E-state index is 5.81. The number of benzene rings is 1. The molecule has 2 aromatic rings. The molecule has 1 heterocycles. The van der Waals surface area contributed by atoms with E-state index >= 15 is 0 Å². The van der Waals surface area contributed by atoms with Crippen molar-refractivity contribution in [1.29, 1.82) is 0 Å². The third-order valence-electron chi connectivity index (χ3n) is 3.40. The molecule has 0 radical (unpaired) electrons. The van der Waals surface area contributed by atoms with E-state index in [1.165, 1.54) is 0 Å². The van der Waals surface area contributed by atoms with Gasteiger partial charge in [-0.15, -0.1) is 0 Å². The van der Waals surface area contributed by atoms with Crippen molar-refractivity contribution in [3.8, 4) is 11.5 Å². The third-order valence-corrected chi connectivity index (χ3v) is 3.40. The molecule has 6 nitrogen and oxygen atoms in total. The SMILES string of the molecule is CCCn1nccc1C(NN)c1c(OC)cccc1OC. The van der Waals surface area contributed by atoms with E-state index in [2.05, 4.69) is 17.4 Å². The number of hydrogen-bond donors (Lipinski definition) is 2. The van der Waals surface area contributed by atoms with Gasteiger partial charge in [0.2, 0.25) is 0 Å². The normalized spacial score (nSPS) is 12.2. The third kappa shape index (κ3) is 3.01. The van der Waals surface area contributed by atoms with Gasteiger partial charge in [0.25, 0.3) is 0 Å². The number of methoxy groups -OCH3 is 2. The molecule has 1 aromatic carbocycles. The summed E-state index contributed by atoms with van der Waals surface area (Å²) in [5, 5.41) is 4.35. The molecular formula is C15H22N4O2. The standard InChI is InChI=1S/C15H22N4O2/c1-4-10-19-11(8-9-17-19)15(18-16)14-12(20-2)6-5-7-13(14)21-3/h5-9,15,18H,4,10,16H2,1-3H3. The van der Waals surface area contributed by atoms with Crippen molar-refractivity contribution < 1.29 is 9.47 Å². The Morgan fingerprint density at radius 3 is 2.43 bits per heavy atom. The van der Waals surface area contributed by atoms with Crippen LogP contribution >= 0.6 is 0 Å². The molecule has 1 unspecified atom stereocenters. The lowest BCUT2D eigenvalue weighted by molar-refractivity contribution is 0.374. The number of nitrogens with two attached hydrogens (primary N) is 1. The molecule has 0 amide bonds. The number of nitrogens with one attached hydrogen (secondary N) is 1. The predicted molar refractivity (Wildman–Crippen MR) is 81.2 cm³/mol. The van der Waals surface area contributed by atoms with Gasteiger partial charge in [-0.2, -0.15) is 5.10 Å². The molecule has 2 rings (SSSR count). The maximum Gasteiger partial charge on any atom is 0.127 e. The van der Waals surface area contributed by atoms with E-state index in [1.807, 2.05) is 28.9 Å². The topological polar surface area (TPSA) is 74.3 Å². The van der Waals surface area contributed by atoms with Crippen LogP contribution in [0.4, 0.5) is 0 Å². The molecular weight excluding hydrogens is 268 g/mol. The van der Waals surface area contributed by atoms with Gasteiger partial charge in [-0.25, -0.2) is 5.43 Å². The summed E-state index contributed by atoms with van der Waals surface area (Å²) in [6.07, 6.45) is 2.77. The first-order valence-corrected chi connectivity index (χ1v) is 6.95. The van der Waals surface area contributed by atoms with Crippen LogP contribution in [0.1, 0.15) is 30.6 Å². The first kappa shape index (κ1) is 15.3. The average Bonchev–Trinajstić information content (AvgIpc) is 2.97. The summed E-state index contributed by atoms with van der Waals surface area (Å²) in [6.45, 7) is 2.94. The molecule has 6 heteroatoms. The zero-order valence-corrected chi connectivity index (χ0v) is 12.7. The second-order valence-corrected chi connectivity index (χ2v) is 4.66. The number of hydrazine groups is 1. The average molecular weight is 290 g/mol. The van der Waals surface area contributed by atoms with Crippen LogP contribution in [-0.2, 0) is 6.54 Å². The Morgan fingerprint density at radius 1 is 1.24 bits per heavy atom. The van der Waals surface area contributed by atoms with Crippen LogP contribution in [0, 0.1) is 0 Å². The lowest BCUT2D eigenvalue weighted by Crippen LogP contribution is -2.31. The second kappa shape index (κ2) is 7.10. The molecule has 3 N–H and O–H groups in total. The van der Waals surface area contributed by atoms with E-state index in [-0.39, 0.29) is 6.04 Å². The van der Waals surface area contributed by atoms with E-state index in [9.17, 15) is 0 Å². The van der Waals surface area contributed by atoms with Gasteiger partial charge in [-0.3, -0.25) is 10.5 Å². The van der Waals surface area contributed by atoms with E-state index < -0.39 is 0 Å². The van der Waals surface area contributed by atoms with Gasteiger partial charge in [0.1, 0.15) is 11.5 Å². The first-order valence-electron chi connectivity index (χ1n) is 6.95. The summed E-state index contributed by atoms with van der Waals surface area (Å²) in [5.74, 6) is 7.25. The number of nitrogens with zero attached hydrogens (tertiary/aromatic N) is 2. The van der Waals surface area contributed by atoms with Crippen LogP contribution in [0.2, 0.25) is 0 Å². The molecule has 1 aromatic heterocycles. The quantitative estimate of drug-likeness (QED) is 0.601. The van der Waals surface area contributed by atoms with Gasteiger partial charge in [0.15, 0.2) is 0 Å². The molecule has 21 heavy (non-hydrogen) atoms. The van der Waals surface area contributed by atoms with Crippen molar-refractivity contribution in [3.63, 3.8) is 0 Å². The lowest BCUT2D eigenvalue weighted by Gasteiger charge is -2.22. The fraction of sp³-hybridized carbons (Fsp3) is 0.400. The zero-order chi connectivity index (χ0) is 15.2. The molecule has 0 aliphatic rings. The Bertz CT molecular complexity index is 561. The fourth-order valence-electron chi connectivity index (χ4n) is 2.47. The van der Waals surface area contributed by atoms with Gasteiger partial charge in [0, 0.05) is 12.7 Å². The summed E-state index contributed by atoms with van der Waals surface area (Å²) >= 11 is 0. The van der Waals surface area contributed by atoms with Crippen LogP contribution in [0.3, 0.4) is 0 Å². The Morgan fingerprint density at radius 2 is 1.90 bits per heavy atom. The van der Waals surface area contributed by atoms with Crippen molar-refractivity contribution in [3.05, 3.63) is 41.7 Å². The highest BCUT2D eigenvalue weighted by atomic mass is 16.5. The van der Waals surface area contributed by atoms with Crippen molar-refractivity contribution in [2.24, 2.45) is 5.84 Å². The molecule has 0 aliphatic heterocycles. The van der Waals surface area contributed by atoms with Gasteiger partial charge < -0.3 is 9.47 Å². The van der Waals surface area contributed by atoms with Gasteiger partial charge in [0.05, 0.1) is 31.5 Å². The number of aryl methyl sites for hydroxylation is 1. The summed E-state index contributed by atoms with van der Waals surface area (Å²) in [4.78, 5) is 0.